The standard InChI is InChI=1S/C13H21NO2/c1-10(13(15)16)8-14-7-6-11-4-2-3-5-12(11)9-14/h11-12H,1-9H2,(H,15,16). The molecule has 0 aromatic carbocycles. The molecule has 0 aromatic rings. The lowest BCUT2D eigenvalue weighted by atomic mass is 9.75. The van der Waals surface area contributed by atoms with Gasteiger partial charge in [0, 0.05) is 18.7 Å². The van der Waals surface area contributed by atoms with Crippen LogP contribution in [0.15, 0.2) is 12.2 Å². The maximum absolute atomic E-state index is 10.7. The molecule has 0 radical (unpaired) electrons. The SMILES string of the molecule is C=C(CN1CCC2CCCCC2C1)C(=O)O. The van der Waals surface area contributed by atoms with Crippen molar-refractivity contribution in [1.29, 1.82) is 0 Å². The summed E-state index contributed by atoms with van der Waals surface area (Å²) in [5.74, 6) is 0.859. The van der Waals surface area contributed by atoms with E-state index in [1.165, 1.54) is 32.1 Å². The van der Waals surface area contributed by atoms with Gasteiger partial charge >= 0.3 is 5.97 Å². The molecule has 2 rings (SSSR count). The molecule has 3 nitrogen and oxygen atoms in total. The van der Waals surface area contributed by atoms with Crippen LogP contribution in [0.5, 0.6) is 0 Å². The third-order valence-corrected chi connectivity index (χ3v) is 4.09. The molecule has 1 aliphatic carbocycles. The molecule has 2 unspecified atom stereocenters. The van der Waals surface area contributed by atoms with Crippen LogP contribution in [0.25, 0.3) is 0 Å². The third kappa shape index (κ3) is 2.64. The number of hydrogen-bond acceptors (Lipinski definition) is 2. The topological polar surface area (TPSA) is 40.5 Å². The van der Waals surface area contributed by atoms with Crippen LogP contribution in [0.2, 0.25) is 0 Å². The normalized spacial score (nSPS) is 30.8. The van der Waals surface area contributed by atoms with Gasteiger partial charge < -0.3 is 5.11 Å². The minimum absolute atomic E-state index is 0.328. The summed E-state index contributed by atoms with van der Waals surface area (Å²) in [5, 5.41) is 8.82. The molecule has 2 atom stereocenters. The molecule has 1 saturated heterocycles. The van der Waals surface area contributed by atoms with E-state index in [0.29, 0.717) is 12.1 Å². The van der Waals surface area contributed by atoms with Crippen LogP contribution in [0.1, 0.15) is 32.1 Å². The molecule has 1 N–H and O–H groups in total. The van der Waals surface area contributed by atoms with E-state index in [1.807, 2.05) is 0 Å². The summed E-state index contributed by atoms with van der Waals surface area (Å²) >= 11 is 0. The van der Waals surface area contributed by atoms with Gasteiger partial charge in [-0.2, -0.15) is 0 Å². The monoisotopic (exact) mass is 223 g/mol. The van der Waals surface area contributed by atoms with Gasteiger partial charge in [-0.3, -0.25) is 4.90 Å². The van der Waals surface area contributed by atoms with Crippen molar-refractivity contribution in [2.45, 2.75) is 32.1 Å². The number of fused-ring (bicyclic) bond motifs is 1. The second kappa shape index (κ2) is 5.00. The molecule has 1 aliphatic heterocycles. The lowest BCUT2D eigenvalue weighted by molar-refractivity contribution is -0.133. The first kappa shape index (κ1) is 11.6. The average Bonchev–Trinajstić information content (AvgIpc) is 2.28. The van der Waals surface area contributed by atoms with E-state index in [4.69, 9.17) is 5.11 Å². The van der Waals surface area contributed by atoms with Crippen LogP contribution in [0.3, 0.4) is 0 Å². The summed E-state index contributed by atoms with van der Waals surface area (Å²) in [6, 6.07) is 0. The van der Waals surface area contributed by atoms with E-state index >= 15 is 0 Å². The Labute approximate surface area is 97.1 Å². The van der Waals surface area contributed by atoms with E-state index in [9.17, 15) is 4.79 Å². The molecular formula is C13H21NO2. The van der Waals surface area contributed by atoms with Gasteiger partial charge in [0.25, 0.3) is 0 Å². The van der Waals surface area contributed by atoms with Crippen LogP contribution in [-0.2, 0) is 4.79 Å². The fraction of sp³-hybridized carbons (Fsp3) is 0.769. The van der Waals surface area contributed by atoms with Crippen LogP contribution in [0.4, 0.5) is 0 Å². The number of nitrogens with zero attached hydrogens (tertiary/aromatic N) is 1. The average molecular weight is 223 g/mol. The Morgan fingerprint density at radius 3 is 2.62 bits per heavy atom. The molecule has 1 saturated carbocycles. The fourth-order valence-corrected chi connectivity index (χ4v) is 3.16. The van der Waals surface area contributed by atoms with Crippen LogP contribution in [0, 0.1) is 11.8 Å². The zero-order chi connectivity index (χ0) is 11.5. The highest BCUT2D eigenvalue weighted by Crippen LogP contribution is 2.36. The summed E-state index contributed by atoms with van der Waals surface area (Å²) in [5.41, 5.74) is 0.328. The lowest BCUT2D eigenvalue weighted by Gasteiger charge is -2.41. The molecule has 0 aromatic heterocycles. The molecule has 2 fully saturated rings. The van der Waals surface area contributed by atoms with Gasteiger partial charge in [-0.25, -0.2) is 4.79 Å². The van der Waals surface area contributed by atoms with Gasteiger partial charge in [0.1, 0.15) is 0 Å². The predicted octanol–water partition coefficient (Wildman–Crippen LogP) is 2.14. The van der Waals surface area contributed by atoms with Crippen LogP contribution < -0.4 is 0 Å². The number of aliphatic carboxylic acids is 1. The molecule has 0 spiro atoms. The Balaban J connectivity index is 1.85. The Morgan fingerprint density at radius 2 is 1.94 bits per heavy atom. The first-order chi connectivity index (χ1) is 7.66. The highest BCUT2D eigenvalue weighted by molar-refractivity contribution is 5.86. The summed E-state index contributed by atoms with van der Waals surface area (Å²) < 4.78 is 0. The first-order valence-corrected chi connectivity index (χ1v) is 6.30. The quantitative estimate of drug-likeness (QED) is 0.745. The summed E-state index contributed by atoms with van der Waals surface area (Å²) in [4.78, 5) is 13.0. The summed E-state index contributed by atoms with van der Waals surface area (Å²) in [6.07, 6.45) is 6.72. The number of carbonyl (C=O) groups is 1. The van der Waals surface area contributed by atoms with Gasteiger partial charge in [-0.1, -0.05) is 25.8 Å². The molecule has 0 amide bonds. The number of carboxylic acid groups (broad SMARTS) is 1. The molecule has 2 aliphatic rings. The van der Waals surface area contributed by atoms with Crippen molar-refractivity contribution < 1.29 is 9.90 Å². The van der Waals surface area contributed by atoms with Crippen molar-refractivity contribution in [3.63, 3.8) is 0 Å². The number of rotatable bonds is 3. The van der Waals surface area contributed by atoms with Gasteiger partial charge in [0.05, 0.1) is 0 Å². The van der Waals surface area contributed by atoms with Gasteiger partial charge in [0.15, 0.2) is 0 Å². The van der Waals surface area contributed by atoms with E-state index < -0.39 is 5.97 Å². The van der Waals surface area contributed by atoms with Crippen LogP contribution in [-0.4, -0.2) is 35.6 Å². The minimum Gasteiger partial charge on any atom is -0.478 e. The number of likely N-dealkylation sites (tertiary alicyclic amines) is 1. The zero-order valence-electron chi connectivity index (χ0n) is 9.82. The Morgan fingerprint density at radius 1 is 1.25 bits per heavy atom. The van der Waals surface area contributed by atoms with Crippen molar-refractivity contribution >= 4 is 5.97 Å². The van der Waals surface area contributed by atoms with Crippen molar-refractivity contribution in [2.24, 2.45) is 11.8 Å². The Bertz CT molecular complexity index is 288. The molecule has 1 heterocycles. The van der Waals surface area contributed by atoms with E-state index in [0.717, 1.165) is 24.9 Å². The van der Waals surface area contributed by atoms with Crippen molar-refractivity contribution in [2.75, 3.05) is 19.6 Å². The maximum Gasteiger partial charge on any atom is 0.332 e. The Hall–Kier alpha value is -0.830. The predicted molar refractivity (Wildman–Crippen MR) is 63.3 cm³/mol. The summed E-state index contributed by atoms with van der Waals surface area (Å²) in [6.45, 7) is 6.28. The molecular weight excluding hydrogens is 202 g/mol. The minimum atomic E-state index is -0.856. The smallest absolute Gasteiger partial charge is 0.332 e. The molecule has 16 heavy (non-hydrogen) atoms. The van der Waals surface area contributed by atoms with Crippen molar-refractivity contribution in [1.82, 2.24) is 4.90 Å². The number of carboxylic acids is 1. The van der Waals surface area contributed by atoms with Crippen LogP contribution >= 0.6 is 0 Å². The van der Waals surface area contributed by atoms with E-state index in [-0.39, 0.29) is 0 Å². The first-order valence-electron chi connectivity index (χ1n) is 6.30. The summed E-state index contributed by atoms with van der Waals surface area (Å²) in [7, 11) is 0. The second-order valence-electron chi connectivity index (χ2n) is 5.24. The second-order valence-corrected chi connectivity index (χ2v) is 5.24. The molecule has 0 bridgehead atoms. The van der Waals surface area contributed by atoms with Crippen molar-refractivity contribution in [3.8, 4) is 0 Å². The fourth-order valence-electron chi connectivity index (χ4n) is 3.16. The molecule has 90 valence electrons. The lowest BCUT2D eigenvalue weighted by Crippen LogP contribution is -2.42. The van der Waals surface area contributed by atoms with E-state index in [1.54, 1.807) is 0 Å². The highest BCUT2D eigenvalue weighted by atomic mass is 16.4. The largest absolute Gasteiger partial charge is 0.478 e. The van der Waals surface area contributed by atoms with E-state index in [2.05, 4.69) is 11.5 Å². The Kier molecular flexibility index (Phi) is 3.64. The molecule has 3 heteroatoms. The number of hydrogen-bond donors (Lipinski definition) is 1. The van der Waals surface area contributed by atoms with Crippen molar-refractivity contribution in [3.05, 3.63) is 12.2 Å². The number of piperidine rings is 1. The van der Waals surface area contributed by atoms with Gasteiger partial charge in [-0.15, -0.1) is 0 Å². The third-order valence-electron chi connectivity index (χ3n) is 4.09. The zero-order valence-corrected chi connectivity index (χ0v) is 9.82. The van der Waals surface area contributed by atoms with Gasteiger partial charge in [-0.05, 0) is 31.2 Å². The van der Waals surface area contributed by atoms with Gasteiger partial charge in [0.2, 0.25) is 0 Å². The highest BCUT2D eigenvalue weighted by Gasteiger charge is 2.31. The maximum atomic E-state index is 10.7.